The van der Waals surface area contributed by atoms with Crippen LogP contribution in [0, 0.1) is 5.92 Å². The fourth-order valence-electron chi connectivity index (χ4n) is 2.55. The summed E-state index contributed by atoms with van der Waals surface area (Å²) in [4.78, 5) is 11.1. The SMILES string of the molecule is CC(Cc1c(Cl)cc2c(c1C(C)C)OCCCO2)C(=O)O. The Hall–Kier alpha value is -1.42. The Morgan fingerprint density at radius 2 is 2.00 bits per heavy atom. The highest BCUT2D eigenvalue weighted by Gasteiger charge is 2.25. The third kappa shape index (κ3) is 3.43. The second-order valence-corrected chi connectivity index (χ2v) is 6.13. The van der Waals surface area contributed by atoms with E-state index in [1.165, 1.54) is 0 Å². The lowest BCUT2D eigenvalue weighted by Crippen LogP contribution is -2.15. The lowest BCUT2D eigenvalue weighted by Gasteiger charge is -2.22. The number of carboxylic acid groups (broad SMARTS) is 1. The van der Waals surface area contributed by atoms with Crippen LogP contribution in [0.2, 0.25) is 5.02 Å². The first-order chi connectivity index (χ1) is 9.91. The van der Waals surface area contributed by atoms with Gasteiger partial charge in [-0.15, -0.1) is 0 Å². The van der Waals surface area contributed by atoms with Crippen LogP contribution in [0.25, 0.3) is 0 Å². The standard InChI is InChI=1S/C16H21ClO4/c1-9(2)14-11(7-10(3)16(18)19)12(17)8-13-15(14)21-6-4-5-20-13/h8-10H,4-7H2,1-3H3,(H,18,19). The molecule has 0 aromatic heterocycles. The molecule has 0 saturated heterocycles. The first-order valence-corrected chi connectivity index (χ1v) is 7.63. The molecule has 1 N–H and O–H groups in total. The Morgan fingerprint density at radius 1 is 1.33 bits per heavy atom. The zero-order chi connectivity index (χ0) is 15.6. The Bertz CT molecular complexity index is 540. The molecule has 1 heterocycles. The Balaban J connectivity index is 2.53. The van der Waals surface area contributed by atoms with Crippen LogP contribution < -0.4 is 9.47 Å². The highest BCUT2D eigenvalue weighted by Crippen LogP contribution is 2.43. The van der Waals surface area contributed by atoms with Crippen LogP contribution >= 0.6 is 11.6 Å². The van der Waals surface area contributed by atoms with Gasteiger partial charge in [0.15, 0.2) is 11.5 Å². The predicted octanol–water partition coefficient (Wildman–Crippen LogP) is 3.89. The van der Waals surface area contributed by atoms with Gasteiger partial charge < -0.3 is 14.6 Å². The molecule has 0 amide bonds. The number of fused-ring (bicyclic) bond motifs is 1. The molecular weight excluding hydrogens is 292 g/mol. The maximum absolute atomic E-state index is 11.1. The molecule has 0 bridgehead atoms. The number of carboxylic acids is 1. The summed E-state index contributed by atoms with van der Waals surface area (Å²) in [6, 6.07) is 1.75. The average molecular weight is 313 g/mol. The number of hydrogen-bond acceptors (Lipinski definition) is 3. The number of aliphatic carboxylic acids is 1. The predicted molar refractivity (Wildman–Crippen MR) is 81.7 cm³/mol. The molecule has 0 radical (unpaired) electrons. The first kappa shape index (κ1) is 16.0. The molecule has 1 atom stereocenters. The molecule has 1 unspecified atom stereocenters. The molecule has 0 fully saturated rings. The summed E-state index contributed by atoms with van der Waals surface area (Å²) < 4.78 is 11.5. The van der Waals surface area contributed by atoms with Crippen LogP contribution in [0.5, 0.6) is 11.5 Å². The van der Waals surface area contributed by atoms with Crippen LogP contribution in [0.4, 0.5) is 0 Å². The minimum atomic E-state index is -0.826. The fraction of sp³-hybridized carbons (Fsp3) is 0.562. The van der Waals surface area contributed by atoms with Crippen molar-refractivity contribution in [1.82, 2.24) is 0 Å². The lowest BCUT2D eigenvalue weighted by molar-refractivity contribution is -0.141. The van der Waals surface area contributed by atoms with Gasteiger partial charge >= 0.3 is 5.97 Å². The van der Waals surface area contributed by atoms with Gasteiger partial charge in [0.1, 0.15) is 0 Å². The van der Waals surface area contributed by atoms with Crippen molar-refractivity contribution >= 4 is 17.6 Å². The van der Waals surface area contributed by atoms with E-state index in [0.717, 1.165) is 23.3 Å². The fourth-order valence-corrected chi connectivity index (χ4v) is 2.83. The zero-order valence-electron chi connectivity index (χ0n) is 12.6. The smallest absolute Gasteiger partial charge is 0.306 e. The van der Waals surface area contributed by atoms with E-state index in [-0.39, 0.29) is 5.92 Å². The minimum absolute atomic E-state index is 0.176. The van der Waals surface area contributed by atoms with Crippen molar-refractivity contribution < 1.29 is 19.4 Å². The summed E-state index contributed by atoms with van der Waals surface area (Å²) in [6.45, 7) is 6.99. The summed E-state index contributed by atoms with van der Waals surface area (Å²) in [5, 5.41) is 9.70. The summed E-state index contributed by atoms with van der Waals surface area (Å²) in [6.07, 6.45) is 1.21. The van der Waals surface area contributed by atoms with Crippen LogP contribution in [0.15, 0.2) is 6.07 Å². The number of hydrogen-bond donors (Lipinski definition) is 1. The molecule has 4 nitrogen and oxygen atoms in total. The van der Waals surface area contributed by atoms with Crippen LogP contribution in [0.1, 0.15) is 44.2 Å². The highest BCUT2D eigenvalue weighted by molar-refractivity contribution is 6.31. The van der Waals surface area contributed by atoms with Gasteiger partial charge in [-0.1, -0.05) is 32.4 Å². The maximum Gasteiger partial charge on any atom is 0.306 e. The Morgan fingerprint density at radius 3 is 2.62 bits per heavy atom. The van der Waals surface area contributed by atoms with E-state index in [4.69, 9.17) is 26.2 Å². The van der Waals surface area contributed by atoms with Gasteiger partial charge in [0.05, 0.1) is 19.1 Å². The normalized spacial score (nSPS) is 15.7. The molecule has 0 aliphatic carbocycles. The van der Waals surface area contributed by atoms with Gasteiger partial charge in [-0.2, -0.15) is 0 Å². The topological polar surface area (TPSA) is 55.8 Å². The molecule has 5 heteroatoms. The Kier molecular flexibility index (Phi) is 4.99. The Labute approximate surface area is 130 Å². The molecule has 116 valence electrons. The van der Waals surface area contributed by atoms with Gasteiger partial charge in [0, 0.05) is 23.1 Å². The van der Waals surface area contributed by atoms with Crippen LogP contribution in [-0.2, 0) is 11.2 Å². The molecule has 21 heavy (non-hydrogen) atoms. The van der Waals surface area contributed by atoms with Gasteiger partial charge in [-0.3, -0.25) is 4.79 Å². The number of benzene rings is 1. The summed E-state index contributed by atoms with van der Waals surface area (Å²) in [5.41, 5.74) is 1.82. The van der Waals surface area contributed by atoms with Crippen molar-refractivity contribution in [2.45, 2.75) is 39.5 Å². The van der Waals surface area contributed by atoms with E-state index in [1.54, 1.807) is 13.0 Å². The van der Waals surface area contributed by atoms with Crippen molar-refractivity contribution in [3.63, 3.8) is 0 Å². The van der Waals surface area contributed by atoms with E-state index in [9.17, 15) is 4.79 Å². The molecule has 2 rings (SSSR count). The van der Waals surface area contributed by atoms with E-state index < -0.39 is 11.9 Å². The van der Waals surface area contributed by atoms with E-state index >= 15 is 0 Å². The van der Waals surface area contributed by atoms with Gasteiger partial charge in [-0.25, -0.2) is 0 Å². The first-order valence-electron chi connectivity index (χ1n) is 7.25. The minimum Gasteiger partial charge on any atom is -0.489 e. The maximum atomic E-state index is 11.1. The highest BCUT2D eigenvalue weighted by atomic mass is 35.5. The average Bonchev–Trinajstić information content (AvgIpc) is 2.63. The van der Waals surface area contributed by atoms with Crippen molar-refractivity contribution in [2.75, 3.05) is 13.2 Å². The zero-order valence-corrected chi connectivity index (χ0v) is 13.4. The summed E-state index contributed by atoms with van der Waals surface area (Å²) in [7, 11) is 0. The molecule has 0 spiro atoms. The van der Waals surface area contributed by atoms with Gasteiger partial charge in [-0.05, 0) is 17.9 Å². The molecule has 1 aliphatic heterocycles. The molecule has 0 saturated carbocycles. The third-order valence-electron chi connectivity index (χ3n) is 3.64. The van der Waals surface area contributed by atoms with Gasteiger partial charge in [0.25, 0.3) is 0 Å². The summed E-state index contributed by atoms with van der Waals surface area (Å²) >= 11 is 6.38. The van der Waals surface area contributed by atoms with Crippen molar-refractivity contribution in [3.8, 4) is 11.5 Å². The second-order valence-electron chi connectivity index (χ2n) is 5.73. The van der Waals surface area contributed by atoms with E-state index in [1.807, 2.05) is 0 Å². The van der Waals surface area contributed by atoms with E-state index in [2.05, 4.69) is 13.8 Å². The van der Waals surface area contributed by atoms with Crippen LogP contribution in [-0.4, -0.2) is 24.3 Å². The van der Waals surface area contributed by atoms with Crippen molar-refractivity contribution in [3.05, 3.63) is 22.2 Å². The number of carbonyl (C=O) groups is 1. The van der Waals surface area contributed by atoms with Crippen molar-refractivity contribution in [2.24, 2.45) is 5.92 Å². The molecular formula is C16H21ClO4. The lowest BCUT2D eigenvalue weighted by atomic mass is 9.90. The molecule has 1 aromatic carbocycles. The molecule has 1 aliphatic rings. The quantitative estimate of drug-likeness (QED) is 0.916. The number of halogens is 1. The van der Waals surface area contributed by atoms with Crippen LogP contribution in [0.3, 0.4) is 0 Å². The largest absolute Gasteiger partial charge is 0.489 e. The molecule has 1 aromatic rings. The van der Waals surface area contributed by atoms with Crippen molar-refractivity contribution in [1.29, 1.82) is 0 Å². The summed E-state index contributed by atoms with van der Waals surface area (Å²) in [5.74, 6) is 0.236. The third-order valence-corrected chi connectivity index (χ3v) is 3.98. The monoisotopic (exact) mass is 312 g/mol. The van der Waals surface area contributed by atoms with Gasteiger partial charge in [0.2, 0.25) is 0 Å². The second kappa shape index (κ2) is 6.56. The number of rotatable bonds is 4. The number of ether oxygens (including phenoxy) is 2. The van der Waals surface area contributed by atoms with E-state index in [0.29, 0.717) is 30.4 Å².